The summed E-state index contributed by atoms with van der Waals surface area (Å²) in [5.41, 5.74) is 9.22. The van der Waals surface area contributed by atoms with E-state index in [9.17, 15) is 0 Å². The molecule has 0 saturated carbocycles. The third kappa shape index (κ3) is 6.32. The normalized spacial score (nSPS) is 10.9. The first-order chi connectivity index (χ1) is 23.0. The Hall–Kier alpha value is -5.49. The number of hydrogen-bond acceptors (Lipinski definition) is 6. The first-order valence-electron chi connectivity index (χ1n) is 15.8. The predicted octanol–water partition coefficient (Wildman–Crippen LogP) is 9.78. The highest BCUT2D eigenvalue weighted by Gasteiger charge is 2.21. The molecule has 0 saturated heterocycles. The molecule has 0 amide bonds. The number of hydrogen-bond donors (Lipinski definition) is 0. The summed E-state index contributed by atoms with van der Waals surface area (Å²) in [6.07, 6.45) is 0.979. The van der Waals surface area contributed by atoms with Gasteiger partial charge >= 0.3 is 0 Å². The van der Waals surface area contributed by atoms with Crippen LogP contribution in [0.3, 0.4) is 0 Å². The van der Waals surface area contributed by atoms with E-state index >= 15 is 0 Å². The number of aromatic nitrogens is 1. The molecule has 0 bridgehead atoms. The number of nitrogens with zero attached hydrogens (tertiary/aromatic N) is 2. The van der Waals surface area contributed by atoms with Crippen LogP contribution >= 0.6 is 0 Å². The molecule has 0 aliphatic rings. The van der Waals surface area contributed by atoms with Crippen molar-refractivity contribution in [1.29, 1.82) is 0 Å². The van der Waals surface area contributed by atoms with Gasteiger partial charge in [-0.25, -0.2) is 4.98 Å². The van der Waals surface area contributed by atoms with E-state index in [4.69, 9.17) is 23.9 Å². The molecule has 1 heterocycles. The van der Waals surface area contributed by atoms with E-state index in [0.717, 1.165) is 74.2 Å². The third-order valence-electron chi connectivity index (χ3n) is 8.47. The molecule has 0 radical (unpaired) electrons. The lowest BCUT2D eigenvalue weighted by Gasteiger charge is -2.23. The SMILES string of the molecule is CCCN(C)c1nc2cc(OC)c(OC)cc2cc1-c1cc(OC)c(OC)c(-c2cc(-c3ccccc3)cc(-c3ccccc3)c2)c1. The van der Waals surface area contributed by atoms with Crippen molar-refractivity contribution in [1.82, 2.24) is 4.98 Å². The number of ether oxygens (including phenoxy) is 4. The van der Waals surface area contributed by atoms with Gasteiger partial charge in [0.2, 0.25) is 0 Å². The van der Waals surface area contributed by atoms with Gasteiger partial charge in [0, 0.05) is 36.2 Å². The highest BCUT2D eigenvalue weighted by molar-refractivity contribution is 5.94. The molecule has 0 aliphatic heterocycles. The lowest BCUT2D eigenvalue weighted by molar-refractivity contribution is 0.356. The Kier molecular flexibility index (Phi) is 9.30. The second kappa shape index (κ2) is 13.9. The molecular weight excluding hydrogens is 584 g/mol. The van der Waals surface area contributed by atoms with Crippen LogP contribution in [0.15, 0.2) is 109 Å². The fraction of sp³-hybridized carbons (Fsp3) is 0.195. The van der Waals surface area contributed by atoms with Gasteiger partial charge in [0.1, 0.15) is 5.82 Å². The number of pyridine rings is 1. The minimum atomic E-state index is 0.642. The summed E-state index contributed by atoms with van der Waals surface area (Å²) < 4.78 is 23.3. The summed E-state index contributed by atoms with van der Waals surface area (Å²) in [5, 5.41) is 0.945. The maximum absolute atomic E-state index is 6.06. The molecule has 0 aliphatic carbocycles. The van der Waals surface area contributed by atoms with Gasteiger partial charge in [-0.05, 0) is 82.3 Å². The zero-order chi connectivity index (χ0) is 32.9. The minimum Gasteiger partial charge on any atom is -0.493 e. The van der Waals surface area contributed by atoms with E-state index in [2.05, 4.69) is 97.7 Å². The van der Waals surface area contributed by atoms with Gasteiger partial charge in [0.05, 0.1) is 34.0 Å². The van der Waals surface area contributed by atoms with Crippen LogP contribution in [-0.2, 0) is 0 Å². The highest BCUT2D eigenvalue weighted by atomic mass is 16.5. The average molecular weight is 625 g/mol. The maximum atomic E-state index is 6.06. The van der Waals surface area contributed by atoms with Crippen LogP contribution in [0.1, 0.15) is 13.3 Å². The van der Waals surface area contributed by atoms with Gasteiger partial charge in [-0.3, -0.25) is 0 Å². The standard InChI is InChI=1S/C41H40N2O4/c1-7-18-43(2)41-35(23-33-25-37(44-3)38(45-4)26-36(33)42-41)32-22-34(40(47-6)39(24-32)46-5)31-20-29(27-14-10-8-11-15-27)19-30(21-31)28-16-12-9-13-17-28/h8-17,19-26H,7,18H2,1-6H3. The second-order valence-corrected chi connectivity index (χ2v) is 11.5. The van der Waals surface area contributed by atoms with Crippen LogP contribution in [0.4, 0.5) is 5.82 Å². The molecule has 6 nitrogen and oxygen atoms in total. The monoisotopic (exact) mass is 624 g/mol. The average Bonchev–Trinajstić information content (AvgIpc) is 3.13. The molecule has 6 rings (SSSR count). The topological polar surface area (TPSA) is 53.1 Å². The van der Waals surface area contributed by atoms with Crippen molar-refractivity contribution in [2.75, 3.05) is 46.9 Å². The third-order valence-corrected chi connectivity index (χ3v) is 8.47. The molecule has 47 heavy (non-hydrogen) atoms. The maximum Gasteiger partial charge on any atom is 0.168 e. The van der Waals surface area contributed by atoms with Crippen molar-refractivity contribution < 1.29 is 18.9 Å². The Morgan fingerprint density at radius 1 is 0.532 bits per heavy atom. The summed E-state index contributed by atoms with van der Waals surface area (Å²) in [6, 6.07) is 37.9. The van der Waals surface area contributed by atoms with E-state index < -0.39 is 0 Å². The number of benzene rings is 5. The van der Waals surface area contributed by atoms with Gasteiger partial charge < -0.3 is 23.8 Å². The van der Waals surface area contributed by atoms with Crippen LogP contribution in [0.2, 0.25) is 0 Å². The molecule has 0 atom stereocenters. The first kappa shape index (κ1) is 31.5. The van der Waals surface area contributed by atoms with E-state index in [1.54, 1.807) is 28.4 Å². The Balaban J connectivity index is 1.63. The number of rotatable bonds is 11. The van der Waals surface area contributed by atoms with E-state index in [-0.39, 0.29) is 0 Å². The van der Waals surface area contributed by atoms with Crippen LogP contribution in [0.5, 0.6) is 23.0 Å². The Morgan fingerprint density at radius 3 is 1.64 bits per heavy atom. The molecule has 6 aromatic rings. The van der Waals surface area contributed by atoms with E-state index in [0.29, 0.717) is 23.0 Å². The van der Waals surface area contributed by atoms with Crippen molar-refractivity contribution in [2.45, 2.75) is 13.3 Å². The fourth-order valence-electron chi connectivity index (χ4n) is 6.15. The smallest absolute Gasteiger partial charge is 0.168 e. The van der Waals surface area contributed by atoms with Crippen molar-refractivity contribution in [3.63, 3.8) is 0 Å². The largest absolute Gasteiger partial charge is 0.493 e. The second-order valence-electron chi connectivity index (χ2n) is 11.5. The van der Waals surface area contributed by atoms with E-state index in [1.165, 1.54) is 0 Å². The van der Waals surface area contributed by atoms with Gasteiger partial charge in [-0.1, -0.05) is 67.6 Å². The summed E-state index contributed by atoms with van der Waals surface area (Å²) in [7, 11) is 8.75. The summed E-state index contributed by atoms with van der Waals surface area (Å²) >= 11 is 0. The summed E-state index contributed by atoms with van der Waals surface area (Å²) in [4.78, 5) is 7.38. The van der Waals surface area contributed by atoms with Gasteiger partial charge in [0.15, 0.2) is 23.0 Å². The zero-order valence-corrected chi connectivity index (χ0v) is 27.8. The van der Waals surface area contributed by atoms with Crippen molar-refractivity contribution in [2.24, 2.45) is 0 Å². The molecule has 0 spiro atoms. The molecule has 6 heteroatoms. The van der Waals surface area contributed by atoms with Gasteiger partial charge in [0.25, 0.3) is 0 Å². The van der Waals surface area contributed by atoms with Crippen molar-refractivity contribution >= 4 is 16.7 Å². The van der Waals surface area contributed by atoms with Crippen molar-refractivity contribution in [3.05, 3.63) is 109 Å². The minimum absolute atomic E-state index is 0.642. The Bertz CT molecular complexity index is 1950. The van der Waals surface area contributed by atoms with Crippen molar-refractivity contribution in [3.8, 4) is 67.5 Å². The molecule has 0 unspecified atom stereocenters. The Morgan fingerprint density at radius 2 is 1.09 bits per heavy atom. The van der Waals surface area contributed by atoms with Gasteiger partial charge in [-0.2, -0.15) is 0 Å². The first-order valence-corrected chi connectivity index (χ1v) is 15.8. The summed E-state index contributed by atoms with van der Waals surface area (Å²) in [6.45, 7) is 3.02. The summed E-state index contributed by atoms with van der Waals surface area (Å²) in [5.74, 6) is 3.48. The number of methoxy groups -OCH3 is 4. The number of fused-ring (bicyclic) bond motifs is 1. The predicted molar refractivity (Wildman–Crippen MR) is 193 cm³/mol. The van der Waals surface area contributed by atoms with Crippen LogP contribution < -0.4 is 23.8 Å². The van der Waals surface area contributed by atoms with Crippen LogP contribution in [-0.4, -0.2) is 47.0 Å². The van der Waals surface area contributed by atoms with Crippen LogP contribution in [0.25, 0.3) is 55.4 Å². The van der Waals surface area contributed by atoms with Crippen LogP contribution in [0, 0.1) is 0 Å². The van der Waals surface area contributed by atoms with E-state index in [1.807, 2.05) is 30.3 Å². The number of anilines is 1. The molecular formula is C41H40N2O4. The molecule has 0 N–H and O–H groups in total. The van der Waals surface area contributed by atoms with Gasteiger partial charge in [-0.15, -0.1) is 0 Å². The fourth-order valence-corrected chi connectivity index (χ4v) is 6.15. The molecule has 1 aromatic heterocycles. The highest BCUT2D eigenvalue weighted by Crippen LogP contribution is 2.46. The zero-order valence-electron chi connectivity index (χ0n) is 27.8. The lowest BCUT2D eigenvalue weighted by atomic mass is 9.91. The molecule has 5 aromatic carbocycles. The molecule has 238 valence electrons. The Labute approximate surface area is 277 Å². The molecule has 0 fully saturated rings. The lowest BCUT2D eigenvalue weighted by Crippen LogP contribution is -2.20. The quantitative estimate of drug-likeness (QED) is 0.143.